The van der Waals surface area contributed by atoms with Crippen molar-refractivity contribution in [2.45, 2.75) is 78.1 Å². The second kappa shape index (κ2) is 15.1. The van der Waals surface area contributed by atoms with E-state index in [0.717, 1.165) is 55.7 Å². The maximum Gasteiger partial charge on any atom is 0.338 e. The molecule has 0 N–H and O–H groups in total. The fraction of sp³-hybridized carbons (Fsp3) is 0.412. The summed E-state index contributed by atoms with van der Waals surface area (Å²) in [6.45, 7) is 5.12. The fourth-order valence-corrected chi connectivity index (χ4v) is 4.85. The van der Waals surface area contributed by atoms with Crippen LogP contribution in [0.25, 0.3) is 33.2 Å². The Hall–Kier alpha value is -3.80. The highest BCUT2D eigenvalue weighted by atomic mass is 16.5. The van der Waals surface area contributed by atoms with Crippen molar-refractivity contribution in [2.24, 2.45) is 0 Å². The van der Waals surface area contributed by atoms with E-state index in [-0.39, 0.29) is 11.9 Å². The largest absolute Gasteiger partial charge is 0.462 e. The number of pyridine rings is 2. The van der Waals surface area contributed by atoms with Gasteiger partial charge in [0, 0.05) is 10.8 Å². The predicted octanol–water partition coefficient (Wildman–Crippen LogP) is 8.70. The van der Waals surface area contributed by atoms with Crippen LogP contribution in [-0.4, -0.2) is 35.1 Å². The fourth-order valence-electron chi connectivity index (χ4n) is 4.85. The van der Waals surface area contributed by atoms with Gasteiger partial charge in [0.05, 0.1) is 46.8 Å². The zero-order valence-corrected chi connectivity index (χ0v) is 23.8. The zero-order chi connectivity index (χ0) is 28.2. The summed E-state index contributed by atoms with van der Waals surface area (Å²) in [6, 6.07) is 18.5. The summed E-state index contributed by atoms with van der Waals surface area (Å²) in [6.07, 6.45) is 10.8. The Bertz CT molecular complexity index is 1430. The van der Waals surface area contributed by atoms with Crippen LogP contribution in [0.2, 0.25) is 0 Å². The minimum atomic E-state index is -0.379. The van der Waals surface area contributed by atoms with E-state index in [1.165, 1.54) is 19.3 Å². The van der Waals surface area contributed by atoms with Crippen LogP contribution in [0.15, 0.2) is 60.7 Å². The summed E-state index contributed by atoms with van der Waals surface area (Å²) < 4.78 is 11.3. The quantitative estimate of drug-likeness (QED) is 0.111. The Morgan fingerprint density at radius 2 is 0.975 bits per heavy atom. The lowest BCUT2D eigenvalue weighted by Crippen LogP contribution is -2.10. The highest BCUT2D eigenvalue weighted by Gasteiger charge is 2.19. The molecule has 0 fully saturated rings. The van der Waals surface area contributed by atoms with Gasteiger partial charge in [-0.25, -0.2) is 19.6 Å². The molecule has 0 saturated carbocycles. The normalized spacial score (nSPS) is 11.2. The van der Waals surface area contributed by atoms with E-state index in [1.807, 2.05) is 48.5 Å². The Morgan fingerprint density at radius 3 is 1.45 bits per heavy atom. The first-order valence-corrected chi connectivity index (χ1v) is 14.8. The van der Waals surface area contributed by atoms with Gasteiger partial charge < -0.3 is 9.47 Å². The molecule has 2 aromatic carbocycles. The van der Waals surface area contributed by atoms with Crippen molar-refractivity contribution in [3.05, 3.63) is 71.8 Å². The minimum Gasteiger partial charge on any atom is -0.462 e. The number of esters is 2. The van der Waals surface area contributed by atoms with E-state index >= 15 is 0 Å². The predicted molar refractivity (Wildman–Crippen MR) is 161 cm³/mol. The molecule has 4 rings (SSSR count). The van der Waals surface area contributed by atoms with Crippen LogP contribution in [0.3, 0.4) is 0 Å². The molecule has 0 saturated heterocycles. The lowest BCUT2D eigenvalue weighted by molar-refractivity contribution is 0.0490. The molecule has 6 nitrogen and oxygen atoms in total. The van der Waals surface area contributed by atoms with Gasteiger partial charge >= 0.3 is 11.9 Å². The van der Waals surface area contributed by atoms with E-state index in [4.69, 9.17) is 19.4 Å². The molecule has 4 aromatic rings. The molecule has 0 aliphatic carbocycles. The average Bonchev–Trinajstić information content (AvgIpc) is 2.99. The van der Waals surface area contributed by atoms with Crippen molar-refractivity contribution in [1.29, 1.82) is 0 Å². The number of aromatic nitrogens is 2. The molecule has 0 bridgehead atoms. The SMILES string of the molecule is CCCCCCCCOC(=O)c1cc(-c2cc(C(=O)OCCCCCC)c3ccccc3n2)nc2ccccc12. The molecule has 6 heteroatoms. The first kappa shape index (κ1) is 29.2. The van der Waals surface area contributed by atoms with Crippen molar-refractivity contribution in [3.8, 4) is 11.4 Å². The Labute approximate surface area is 237 Å². The van der Waals surface area contributed by atoms with Gasteiger partial charge in [0.25, 0.3) is 0 Å². The number of carbonyl (C=O) groups excluding carboxylic acids is 2. The number of rotatable bonds is 15. The van der Waals surface area contributed by atoms with Crippen molar-refractivity contribution < 1.29 is 19.1 Å². The summed E-state index contributed by atoms with van der Waals surface area (Å²) in [5.41, 5.74) is 3.24. The highest BCUT2D eigenvalue weighted by molar-refractivity contribution is 6.06. The third-order valence-corrected chi connectivity index (χ3v) is 7.10. The molecule has 0 spiro atoms. The van der Waals surface area contributed by atoms with Crippen LogP contribution in [0.4, 0.5) is 0 Å². The molecule has 0 atom stereocenters. The zero-order valence-electron chi connectivity index (χ0n) is 23.8. The molecule has 210 valence electrons. The smallest absolute Gasteiger partial charge is 0.338 e. The number of fused-ring (bicyclic) bond motifs is 2. The van der Waals surface area contributed by atoms with Crippen LogP contribution in [0.1, 0.15) is 98.8 Å². The standard InChI is InChI=1S/C34H40N2O4/c1-3-5-7-9-10-16-22-40-34(38)28-24-32(36-30-20-14-12-18-26(28)30)31-23-27(25-17-11-13-19-29(25)35-31)33(37)39-21-15-8-6-4-2/h11-14,17-20,23-24H,3-10,15-16,21-22H2,1-2H3. The number of nitrogens with zero attached hydrogens (tertiary/aromatic N) is 2. The number of hydrogen-bond donors (Lipinski definition) is 0. The van der Waals surface area contributed by atoms with Gasteiger partial charge in [-0.05, 0) is 37.1 Å². The van der Waals surface area contributed by atoms with Crippen LogP contribution >= 0.6 is 0 Å². The van der Waals surface area contributed by atoms with E-state index in [1.54, 1.807) is 12.1 Å². The van der Waals surface area contributed by atoms with Gasteiger partial charge in [-0.2, -0.15) is 0 Å². The van der Waals surface area contributed by atoms with Gasteiger partial charge in [0.2, 0.25) is 0 Å². The highest BCUT2D eigenvalue weighted by Crippen LogP contribution is 2.28. The molecular weight excluding hydrogens is 500 g/mol. The summed E-state index contributed by atoms with van der Waals surface area (Å²) >= 11 is 0. The molecule has 0 amide bonds. The van der Waals surface area contributed by atoms with Crippen molar-refractivity contribution in [2.75, 3.05) is 13.2 Å². The summed E-state index contributed by atoms with van der Waals surface area (Å²) in [4.78, 5) is 36.0. The van der Waals surface area contributed by atoms with Gasteiger partial charge in [0.1, 0.15) is 0 Å². The van der Waals surface area contributed by atoms with Crippen molar-refractivity contribution >= 4 is 33.7 Å². The lowest BCUT2D eigenvalue weighted by atomic mass is 10.0. The summed E-state index contributed by atoms with van der Waals surface area (Å²) in [7, 11) is 0. The van der Waals surface area contributed by atoms with Crippen LogP contribution < -0.4 is 0 Å². The van der Waals surface area contributed by atoms with Crippen molar-refractivity contribution in [1.82, 2.24) is 9.97 Å². The van der Waals surface area contributed by atoms with E-state index in [2.05, 4.69) is 13.8 Å². The maximum absolute atomic E-state index is 13.2. The number of carbonyl (C=O) groups is 2. The van der Waals surface area contributed by atoms with E-state index in [0.29, 0.717) is 46.8 Å². The molecule has 0 aliphatic heterocycles. The molecule has 40 heavy (non-hydrogen) atoms. The lowest BCUT2D eigenvalue weighted by Gasteiger charge is -2.12. The first-order valence-electron chi connectivity index (χ1n) is 14.8. The Balaban J connectivity index is 1.61. The van der Waals surface area contributed by atoms with Gasteiger partial charge in [-0.1, -0.05) is 102 Å². The molecule has 0 unspecified atom stereocenters. The molecule has 2 heterocycles. The average molecular weight is 541 g/mol. The number of ether oxygens (including phenoxy) is 2. The third kappa shape index (κ3) is 7.65. The second-order valence-electron chi connectivity index (χ2n) is 10.2. The van der Waals surface area contributed by atoms with E-state index in [9.17, 15) is 9.59 Å². The van der Waals surface area contributed by atoms with Crippen LogP contribution in [0, 0.1) is 0 Å². The van der Waals surface area contributed by atoms with Crippen LogP contribution in [-0.2, 0) is 9.47 Å². The summed E-state index contributed by atoms with van der Waals surface area (Å²) in [5.74, 6) is -0.753. The Morgan fingerprint density at radius 1 is 0.575 bits per heavy atom. The third-order valence-electron chi connectivity index (χ3n) is 7.10. The van der Waals surface area contributed by atoms with E-state index < -0.39 is 0 Å². The van der Waals surface area contributed by atoms with Crippen LogP contribution in [0.5, 0.6) is 0 Å². The number of unbranched alkanes of at least 4 members (excludes halogenated alkanes) is 8. The summed E-state index contributed by atoms with van der Waals surface area (Å²) in [5, 5.41) is 1.45. The maximum atomic E-state index is 13.2. The number of benzene rings is 2. The van der Waals surface area contributed by atoms with Crippen molar-refractivity contribution in [3.63, 3.8) is 0 Å². The Kier molecular flexibility index (Phi) is 11.0. The molecular formula is C34H40N2O4. The minimum absolute atomic E-state index is 0.374. The molecule has 0 radical (unpaired) electrons. The first-order chi connectivity index (χ1) is 19.6. The topological polar surface area (TPSA) is 78.4 Å². The monoisotopic (exact) mass is 540 g/mol. The van der Waals surface area contributed by atoms with Gasteiger partial charge in [0.15, 0.2) is 0 Å². The molecule has 0 aliphatic rings. The number of hydrogen-bond acceptors (Lipinski definition) is 6. The second-order valence-corrected chi connectivity index (χ2v) is 10.2. The van der Waals surface area contributed by atoms with Gasteiger partial charge in [-0.15, -0.1) is 0 Å². The molecule has 2 aromatic heterocycles. The number of para-hydroxylation sites is 2. The van der Waals surface area contributed by atoms with Gasteiger partial charge in [-0.3, -0.25) is 0 Å².